The number of pyridine rings is 1. The summed E-state index contributed by atoms with van der Waals surface area (Å²) in [4.78, 5) is 16.1. The van der Waals surface area contributed by atoms with Crippen LogP contribution in [0.1, 0.15) is 23.7 Å². The van der Waals surface area contributed by atoms with Crippen LogP contribution in [-0.2, 0) is 22.7 Å². The van der Waals surface area contributed by atoms with Gasteiger partial charge in [-0.3, -0.25) is 9.78 Å². The lowest BCUT2D eigenvalue weighted by atomic mass is 10.2. The monoisotopic (exact) mass is 284 g/mol. The second-order valence-corrected chi connectivity index (χ2v) is 4.96. The number of nitrogens with zero attached hydrogens (tertiary/aromatic N) is 1. The average molecular weight is 284 g/mol. The maximum Gasteiger partial charge on any atom is 0.249 e. The van der Waals surface area contributed by atoms with Crippen LogP contribution >= 0.6 is 0 Å². The summed E-state index contributed by atoms with van der Waals surface area (Å²) >= 11 is 0. The van der Waals surface area contributed by atoms with E-state index in [2.05, 4.69) is 10.3 Å². The molecule has 0 saturated carbocycles. The number of hydrogen-bond acceptors (Lipinski definition) is 3. The molecule has 1 aromatic heterocycles. The maximum absolute atomic E-state index is 11.9. The fraction of sp³-hybridized carbons (Fsp3) is 0.294. The van der Waals surface area contributed by atoms with Crippen LogP contribution in [-0.4, -0.2) is 17.0 Å². The molecule has 1 N–H and O–H groups in total. The van der Waals surface area contributed by atoms with Crippen molar-refractivity contribution in [3.05, 3.63) is 65.5 Å². The van der Waals surface area contributed by atoms with Crippen LogP contribution in [0, 0.1) is 6.92 Å². The Balaban J connectivity index is 1.76. The normalized spacial score (nSPS) is 11.9. The molecule has 0 unspecified atom stereocenters. The molecule has 0 spiro atoms. The molecule has 4 nitrogen and oxygen atoms in total. The molecule has 0 bridgehead atoms. The van der Waals surface area contributed by atoms with Crippen LogP contribution in [0.25, 0.3) is 0 Å². The third-order valence-corrected chi connectivity index (χ3v) is 3.15. The van der Waals surface area contributed by atoms with Gasteiger partial charge in [0, 0.05) is 18.4 Å². The molecule has 0 radical (unpaired) electrons. The summed E-state index contributed by atoms with van der Waals surface area (Å²) in [5.74, 6) is -0.119. The zero-order valence-corrected chi connectivity index (χ0v) is 12.4. The number of aryl methyl sites for hydroxylation is 1. The van der Waals surface area contributed by atoms with E-state index < -0.39 is 6.10 Å². The second-order valence-electron chi connectivity index (χ2n) is 4.96. The highest BCUT2D eigenvalue weighted by atomic mass is 16.5. The van der Waals surface area contributed by atoms with Crippen molar-refractivity contribution in [2.75, 3.05) is 0 Å². The predicted molar refractivity (Wildman–Crippen MR) is 81.5 cm³/mol. The molecule has 0 aliphatic heterocycles. The molecule has 0 aliphatic carbocycles. The van der Waals surface area contributed by atoms with Gasteiger partial charge in [-0.2, -0.15) is 0 Å². The number of ether oxygens (including phenoxy) is 1. The molecule has 0 fully saturated rings. The highest BCUT2D eigenvalue weighted by molar-refractivity contribution is 5.80. The van der Waals surface area contributed by atoms with E-state index >= 15 is 0 Å². The predicted octanol–water partition coefficient (Wildman–Crippen LogP) is 2.61. The van der Waals surface area contributed by atoms with E-state index in [9.17, 15) is 4.79 Å². The Hall–Kier alpha value is -2.20. The van der Waals surface area contributed by atoms with E-state index in [0.717, 1.165) is 16.8 Å². The van der Waals surface area contributed by atoms with Gasteiger partial charge in [-0.15, -0.1) is 0 Å². The summed E-state index contributed by atoms with van der Waals surface area (Å²) in [6, 6.07) is 13.7. The zero-order chi connectivity index (χ0) is 15.1. The lowest BCUT2D eigenvalue weighted by Gasteiger charge is -2.13. The third-order valence-electron chi connectivity index (χ3n) is 3.15. The van der Waals surface area contributed by atoms with E-state index in [-0.39, 0.29) is 5.91 Å². The van der Waals surface area contributed by atoms with Gasteiger partial charge < -0.3 is 10.1 Å². The summed E-state index contributed by atoms with van der Waals surface area (Å²) in [6.07, 6.45) is 1.29. The van der Waals surface area contributed by atoms with Crippen LogP contribution < -0.4 is 5.32 Å². The van der Waals surface area contributed by atoms with Crippen molar-refractivity contribution in [1.29, 1.82) is 0 Å². The van der Waals surface area contributed by atoms with E-state index in [1.54, 1.807) is 13.1 Å². The van der Waals surface area contributed by atoms with Crippen molar-refractivity contribution in [3.8, 4) is 0 Å². The quantitative estimate of drug-likeness (QED) is 0.887. The van der Waals surface area contributed by atoms with Crippen molar-refractivity contribution < 1.29 is 9.53 Å². The molecule has 1 heterocycles. The topological polar surface area (TPSA) is 51.2 Å². The SMILES string of the molecule is Cc1ccc(CNC(=O)[C@H](C)OCc2ccccc2)cn1. The smallest absolute Gasteiger partial charge is 0.249 e. The van der Waals surface area contributed by atoms with E-state index in [1.807, 2.05) is 49.4 Å². The first-order valence-electron chi connectivity index (χ1n) is 7.00. The first-order chi connectivity index (χ1) is 10.1. The molecule has 4 heteroatoms. The minimum absolute atomic E-state index is 0.119. The van der Waals surface area contributed by atoms with Gasteiger partial charge in [0.15, 0.2) is 0 Å². The van der Waals surface area contributed by atoms with Crippen LogP contribution in [0.5, 0.6) is 0 Å². The Morgan fingerprint density at radius 2 is 1.95 bits per heavy atom. The number of carbonyl (C=O) groups excluding carboxylic acids is 1. The highest BCUT2D eigenvalue weighted by Crippen LogP contribution is 2.04. The summed E-state index contributed by atoms with van der Waals surface area (Å²) < 4.78 is 5.57. The van der Waals surface area contributed by atoms with Gasteiger partial charge in [-0.05, 0) is 31.0 Å². The van der Waals surface area contributed by atoms with Crippen molar-refractivity contribution in [2.24, 2.45) is 0 Å². The largest absolute Gasteiger partial charge is 0.364 e. The summed E-state index contributed by atoms with van der Waals surface area (Å²) in [7, 11) is 0. The van der Waals surface area contributed by atoms with Crippen molar-refractivity contribution in [2.45, 2.75) is 33.1 Å². The molecule has 0 aliphatic rings. The number of benzene rings is 1. The van der Waals surface area contributed by atoms with Crippen LogP contribution in [0.3, 0.4) is 0 Å². The molecule has 1 aromatic carbocycles. The first-order valence-corrected chi connectivity index (χ1v) is 7.00. The van der Waals surface area contributed by atoms with E-state index in [4.69, 9.17) is 4.74 Å². The summed E-state index contributed by atoms with van der Waals surface area (Å²) in [6.45, 7) is 4.58. The maximum atomic E-state index is 11.9. The molecule has 1 atom stereocenters. The van der Waals surface area contributed by atoms with Gasteiger partial charge in [0.2, 0.25) is 5.91 Å². The first kappa shape index (κ1) is 15.2. The molecule has 21 heavy (non-hydrogen) atoms. The van der Waals surface area contributed by atoms with Gasteiger partial charge in [0.25, 0.3) is 0 Å². The van der Waals surface area contributed by atoms with Gasteiger partial charge in [-0.25, -0.2) is 0 Å². The number of carbonyl (C=O) groups is 1. The minimum atomic E-state index is -0.483. The second kappa shape index (κ2) is 7.55. The van der Waals surface area contributed by atoms with Crippen molar-refractivity contribution in [3.63, 3.8) is 0 Å². The van der Waals surface area contributed by atoms with E-state index in [0.29, 0.717) is 13.2 Å². The molecule has 0 saturated heterocycles. The van der Waals surface area contributed by atoms with Crippen molar-refractivity contribution in [1.82, 2.24) is 10.3 Å². The Morgan fingerprint density at radius 1 is 1.19 bits per heavy atom. The fourth-order valence-electron chi connectivity index (χ4n) is 1.81. The number of nitrogens with one attached hydrogen (secondary N) is 1. The number of hydrogen-bond donors (Lipinski definition) is 1. The molecule has 110 valence electrons. The Kier molecular flexibility index (Phi) is 5.46. The third kappa shape index (κ3) is 5.00. The fourth-order valence-corrected chi connectivity index (χ4v) is 1.81. The zero-order valence-electron chi connectivity index (χ0n) is 12.4. The lowest BCUT2D eigenvalue weighted by Crippen LogP contribution is -2.34. The Labute approximate surface area is 125 Å². The molecule has 2 rings (SSSR count). The number of amides is 1. The van der Waals surface area contributed by atoms with Crippen molar-refractivity contribution >= 4 is 5.91 Å². The molecular formula is C17H20N2O2. The Morgan fingerprint density at radius 3 is 2.62 bits per heavy atom. The van der Waals surface area contributed by atoms with Gasteiger partial charge in [0.05, 0.1) is 6.61 Å². The molecule has 1 amide bonds. The van der Waals surface area contributed by atoms with Crippen LogP contribution in [0.2, 0.25) is 0 Å². The minimum Gasteiger partial charge on any atom is -0.364 e. The van der Waals surface area contributed by atoms with E-state index in [1.165, 1.54) is 0 Å². The highest BCUT2D eigenvalue weighted by Gasteiger charge is 2.12. The summed E-state index contributed by atoms with van der Waals surface area (Å²) in [5.41, 5.74) is 2.99. The Bertz CT molecular complexity index is 567. The molecule has 2 aromatic rings. The summed E-state index contributed by atoms with van der Waals surface area (Å²) in [5, 5.41) is 2.85. The van der Waals surface area contributed by atoms with Gasteiger partial charge in [-0.1, -0.05) is 36.4 Å². The van der Waals surface area contributed by atoms with Gasteiger partial charge in [0.1, 0.15) is 6.10 Å². The van der Waals surface area contributed by atoms with Crippen LogP contribution in [0.4, 0.5) is 0 Å². The lowest BCUT2D eigenvalue weighted by molar-refractivity contribution is -0.132. The molecular weight excluding hydrogens is 264 g/mol. The number of aromatic nitrogens is 1. The average Bonchev–Trinajstić information content (AvgIpc) is 2.52. The number of rotatable bonds is 6. The standard InChI is InChI=1S/C17H20N2O2/c1-13-8-9-16(10-18-13)11-19-17(20)14(2)21-12-15-6-4-3-5-7-15/h3-10,14H,11-12H2,1-2H3,(H,19,20)/t14-/m0/s1. The van der Waals surface area contributed by atoms with Gasteiger partial charge >= 0.3 is 0 Å². The van der Waals surface area contributed by atoms with Crippen LogP contribution in [0.15, 0.2) is 48.7 Å².